The third kappa shape index (κ3) is 2.90. The molecular formula is C9H12O3. The molecule has 0 saturated carbocycles. The van der Waals surface area contributed by atoms with Gasteiger partial charge in [0.05, 0.1) is 6.61 Å². The van der Waals surface area contributed by atoms with Gasteiger partial charge in [-0.1, -0.05) is 12.1 Å². The molecular weight excluding hydrogens is 156 g/mol. The number of phenols is 1. The number of phenolic OH excluding ortho intramolecular Hbond substituents is 1. The number of benzene rings is 1. The van der Waals surface area contributed by atoms with E-state index in [1.54, 1.807) is 24.3 Å². The van der Waals surface area contributed by atoms with Gasteiger partial charge in [-0.05, 0) is 24.6 Å². The molecule has 12 heavy (non-hydrogen) atoms. The first-order valence-corrected chi connectivity index (χ1v) is 3.85. The quantitative estimate of drug-likeness (QED) is 0.423. The first-order chi connectivity index (χ1) is 5.83. The highest BCUT2D eigenvalue weighted by molar-refractivity contribution is 5.25. The predicted octanol–water partition coefficient (Wildman–Crippen LogP) is 1.86. The second-order valence-corrected chi connectivity index (χ2v) is 2.34. The molecule has 0 saturated heterocycles. The highest BCUT2D eigenvalue weighted by atomic mass is 17.2. The summed E-state index contributed by atoms with van der Waals surface area (Å²) in [5.74, 6) is 0.259. The normalized spacial score (nSPS) is 10.1. The number of hydrogen-bond acceptors (Lipinski definition) is 3. The first kappa shape index (κ1) is 9.03. The largest absolute Gasteiger partial charge is 0.508 e. The van der Waals surface area contributed by atoms with Gasteiger partial charge in [0.2, 0.25) is 0 Å². The summed E-state index contributed by atoms with van der Waals surface area (Å²) in [5.41, 5.74) is 0.973. The van der Waals surface area contributed by atoms with Crippen LogP contribution in [-0.4, -0.2) is 11.7 Å². The van der Waals surface area contributed by atoms with Crippen molar-refractivity contribution in [1.29, 1.82) is 0 Å². The predicted molar refractivity (Wildman–Crippen MR) is 44.5 cm³/mol. The van der Waals surface area contributed by atoms with Crippen molar-refractivity contribution in [2.45, 2.75) is 13.5 Å². The Morgan fingerprint density at radius 3 is 2.42 bits per heavy atom. The summed E-state index contributed by atoms with van der Waals surface area (Å²) < 4.78 is 0. The second kappa shape index (κ2) is 4.74. The molecule has 0 atom stereocenters. The van der Waals surface area contributed by atoms with Crippen LogP contribution in [0.3, 0.4) is 0 Å². The molecule has 0 unspecified atom stereocenters. The number of aromatic hydroxyl groups is 1. The van der Waals surface area contributed by atoms with E-state index in [1.807, 2.05) is 6.92 Å². The smallest absolute Gasteiger partial charge is 0.115 e. The van der Waals surface area contributed by atoms with E-state index < -0.39 is 0 Å². The molecule has 0 amide bonds. The van der Waals surface area contributed by atoms with E-state index in [2.05, 4.69) is 0 Å². The van der Waals surface area contributed by atoms with Crippen molar-refractivity contribution in [3.63, 3.8) is 0 Å². The Morgan fingerprint density at radius 1 is 1.17 bits per heavy atom. The fourth-order valence-corrected chi connectivity index (χ4v) is 0.785. The van der Waals surface area contributed by atoms with Crippen molar-refractivity contribution >= 4 is 0 Å². The lowest BCUT2D eigenvalue weighted by atomic mass is 10.2. The molecule has 1 N–H and O–H groups in total. The van der Waals surface area contributed by atoms with Gasteiger partial charge in [-0.3, -0.25) is 0 Å². The Balaban J connectivity index is 2.37. The van der Waals surface area contributed by atoms with Crippen LogP contribution in [0.5, 0.6) is 5.75 Å². The van der Waals surface area contributed by atoms with E-state index >= 15 is 0 Å². The Hall–Kier alpha value is -1.06. The molecule has 1 rings (SSSR count). The molecule has 0 bridgehead atoms. The summed E-state index contributed by atoms with van der Waals surface area (Å²) in [6.45, 7) is 2.81. The van der Waals surface area contributed by atoms with Crippen LogP contribution >= 0.6 is 0 Å². The van der Waals surface area contributed by atoms with E-state index in [9.17, 15) is 0 Å². The zero-order valence-corrected chi connectivity index (χ0v) is 6.99. The van der Waals surface area contributed by atoms with Crippen molar-refractivity contribution in [3.05, 3.63) is 29.8 Å². The van der Waals surface area contributed by atoms with Crippen LogP contribution in [0.15, 0.2) is 24.3 Å². The van der Waals surface area contributed by atoms with Gasteiger partial charge in [0.15, 0.2) is 0 Å². The molecule has 1 aromatic carbocycles. The molecule has 0 aliphatic carbocycles. The molecule has 3 heteroatoms. The summed E-state index contributed by atoms with van der Waals surface area (Å²) in [6.07, 6.45) is 0. The Kier molecular flexibility index (Phi) is 3.57. The van der Waals surface area contributed by atoms with E-state index in [4.69, 9.17) is 14.9 Å². The molecule has 0 fully saturated rings. The molecule has 0 spiro atoms. The molecule has 0 heterocycles. The minimum Gasteiger partial charge on any atom is -0.508 e. The lowest BCUT2D eigenvalue weighted by Crippen LogP contribution is -1.93. The van der Waals surface area contributed by atoms with Crippen LogP contribution in [0, 0.1) is 0 Å². The molecule has 66 valence electrons. The van der Waals surface area contributed by atoms with Gasteiger partial charge in [0.25, 0.3) is 0 Å². The SMILES string of the molecule is CCOOCc1ccc(O)cc1. The van der Waals surface area contributed by atoms with Crippen LogP contribution in [0.4, 0.5) is 0 Å². The summed E-state index contributed by atoms with van der Waals surface area (Å²) in [5, 5.41) is 8.96. The number of rotatable bonds is 4. The zero-order chi connectivity index (χ0) is 8.81. The average Bonchev–Trinajstić information content (AvgIpc) is 2.09. The third-order valence-corrected chi connectivity index (χ3v) is 1.36. The van der Waals surface area contributed by atoms with Crippen LogP contribution in [0.1, 0.15) is 12.5 Å². The minimum atomic E-state index is 0.259. The molecule has 1 aromatic rings. The van der Waals surface area contributed by atoms with Gasteiger partial charge in [-0.15, -0.1) is 0 Å². The standard InChI is InChI=1S/C9H12O3/c1-2-11-12-7-8-3-5-9(10)6-4-8/h3-6,10H,2,7H2,1H3. The van der Waals surface area contributed by atoms with Crippen molar-refractivity contribution in [3.8, 4) is 5.75 Å². The van der Waals surface area contributed by atoms with Crippen LogP contribution in [0.2, 0.25) is 0 Å². The summed E-state index contributed by atoms with van der Waals surface area (Å²) >= 11 is 0. The Morgan fingerprint density at radius 2 is 1.83 bits per heavy atom. The van der Waals surface area contributed by atoms with Crippen molar-refractivity contribution in [2.24, 2.45) is 0 Å². The van der Waals surface area contributed by atoms with Crippen LogP contribution in [-0.2, 0) is 16.4 Å². The summed E-state index contributed by atoms with van der Waals surface area (Å²) in [7, 11) is 0. The fourth-order valence-electron chi connectivity index (χ4n) is 0.785. The fraction of sp³-hybridized carbons (Fsp3) is 0.333. The van der Waals surface area contributed by atoms with Crippen molar-refractivity contribution in [2.75, 3.05) is 6.61 Å². The highest BCUT2D eigenvalue weighted by Gasteiger charge is 1.92. The number of hydrogen-bond donors (Lipinski definition) is 1. The van der Waals surface area contributed by atoms with E-state index in [0.29, 0.717) is 13.2 Å². The molecule has 0 aromatic heterocycles. The minimum absolute atomic E-state index is 0.259. The lowest BCUT2D eigenvalue weighted by Gasteiger charge is -2.01. The highest BCUT2D eigenvalue weighted by Crippen LogP contribution is 2.10. The second-order valence-electron chi connectivity index (χ2n) is 2.34. The van der Waals surface area contributed by atoms with Gasteiger partial charge >= 0.3 is 0 Å². The summed E-state index contributed by atoms with van der Waals surface area (Å²) in [6, 6.07) is 6.80. The van der Waals surface area contributed by atoms with Gasteiger partial charge in [-0.2, -0.15) is 0 Å². The van der Waals surface area contributed by atoms with E-state index in [1.165, 1.54) is 0 Å². The van der Waals surface area contributed by atoms with Gasteiger partial charge in [0.1, 0.15) is 12.4 Å². The van der Waals surface area contributed by atoms with Crippen LogP contribution < -0.4 is 0 Å². The summed E-state index contributed by atoms with van der Waals surface area (Å²) in [4.78, 5) is 9.53. The topological polar surface area (TPSA) is 38.7 Å². The van der Waals surface area contributed by atoms with Gasteiger partial charge in [0, 0.05) is 0 Å². The van der Waals surface area contributed by atoms with Gasteiger partial charge in [-0.25, -0.2) is 9.78 Å². The third-order valence-electron chi connectivity index (χ3n) is 1.36. The van der Waals surface area contributed by atoms with E-state index in [-0.39, 0.29) is 5.75 Å². The first-order valence-electron chi connectivity index (χ1n) is 3.85. The molecule has 0 aliphatic heterocycles. The van der Waals surface area contributed by atoms with E-state index in [0.717, 1.165) is 5.56 Å². The zero-order valence-electron chi connectivity index (χ0n) is 6.99. The maximum atomic E-state index is 8.96. The van der Waals surface area contributed by atoms with Gasteiger partial charge < -0.3 is 5.11 Å². The lowest BCUT2D eigenvalue weighted by molar-refractivity contribution is -0.300. The maximum absolute atomic E-state index is 8.96. The average molecular weight is 168 g/mol. The van der Waals surface area contributed by atoms with Crippen LogP contribution in [0.25, 0.3) is 0 Å². The Labute approximate surface area is 71.5 Å². The van der Waals surface area contributed by atoms with Crippen molar-refractivity contribution in [1.82, 2.24) is 0 Å². The van der Waals surface area contributed by atoms with Crippen molar-refractivity contribution < 1.29 is 14.9 Å². The monoisotopic (exact) mass is 168 g/mol. The maximum Gasteiger partial charge on any atom is 0.115 e. The molecule has 3 nitrogen and oxygen atoms in total. The molecule has 0 radical (unpaired) electrons. The Bertz CT molecular complexity index is 218. The molecule has 0 aliphatic rings.